The van der Waals surface area contributed by atoms with Crippen molar-refractivity contribution in [2.75, 3.05) is 6.54 Å². The lowest BCUT2D eigenvalue weighted by Crippen LogP contribution is -2.49. The van der Waals surface area contributed by atoms with Crippen LogP contribution in [0.3, 0.4) is 0 Å². The topological polar surface area (TPSA) is 105 Å². The number of carbonyl (C=O) groups excluding carboxylic acids is 4. The zero-order valence-corrected chi connectivity index (χ0v) is 22.0. The molecule has 1 heterocycles. The number of likely N-dealkylation sites (tertiary alicyclic amines) is 1. The van der Waals surface area contributed by atoms with Gasteiger partial charge in [0.25, 0.3) is 11.8 Å². The molecule has 0 aliphatic carbocycles. The average molecular weight is 508 g/mol. The fourth-order valence-electron chi connectivity index (χ4n) is 4.51. The highest BCUT2D eigenvalue weighted by Gasteiger charge is 2.49. The van der Waals surface area contributed by atoms with Crippen molar-refractivity contribution in [3.8, 4) is 0 Å². The molecule has 8 heteroatoms. The van der Waals surface area contributed by atoms with Crippen molar-refractivity contribution in [2.45, 2.75) is 71.7 Å². The highest BCUT2D eigenvalue weighted by molar-refractivity contribution is 6.38. The highest BCUT2D eigenvalue weighted by atomic mass is 16.6. The van der Waals surface area contributed by atoms with E-state index in [1.165, 1.54) is 0 Å². The van der Waals surface area contributed by atoms with Crippen LogP contribution in [-0.4, -0.2) is 47.3 Å². The van der Waals surface area contributed by atoms with Crippen molar-refractivity contribution in [3.63, 3.8) is 0 Å². The van der Waals surface area contributed by atoms with Crippen molar-refractivity contribution in [1.29, 1.82) is 0 Å². The number of nitrogens with one attached hydrogen (secondary N) is 2. The second kappa shape index (κ2) is 12.5. The largest absolute Gasteiger partial charge is 0.435 e. The fraction of sp³-hybridized carbons (Fsp3) is 0.448. The molecule has 1 aliphatic rings. The minimum absolute atomic E-state index is 0.283. The van der Waals surface area contributed by atoms with E-state index in [9.17, 15) is 19.2 Å². The third kappa shape index (κ3) is 7.41. The molecule has 198 valence electrons. The van der Waals surface area contributed by atoms with Gasteiger partial charge in [-0.3, -0.25) is 14.4 Å². The van der Waals surface area contributed by atoms with Gasteiger partial charge in [-0.25, -0.2) is 4.79 Å². The van der Waals surface area contributed by atoms with E-state index in [0.717, 1.165) is 17.5 Å². The van der Waals surface area contributed by atoms with E-state index in [-0.39, 0.29) is 11.9 Å². The van der Waals surface area contributed by atoms with E-state index >= 15 is 0 Å². The first-order chi connectivity index (χ1) is 17.6. The van der Waals surface area contributed by atoms with Crippen LogP contribution in [0.5, 0.6) is 0 Å². The van der Waals surface area contributed by atoms with Crippen molar-refractivity contribution in [2.24, 2.45) is 5.41 Å². The highest BCUT2D eigenvalue weighted by Crippen LogP contribution is 2.34. The Hall–Kier alpha value is -3.68. The van der Waals surface area contributed by atoms with Crippen LogP contribution in [0.1, 0.15) is 64.1 Å². The average Bonchev–Trinajstić information content (AvgIpc) is 3.09. The van der Waals surface area contributed by atoms with Crippen LogP contribution in [0.4, 0.5) is 4.79 Å². The zero-order valence-electron chi connectivity index (χ0n) is 22.0. The Morgan fingerprint density at radius 1 is 1.03 bits per heavy atom. The van der Waals surface area contributed by atoms with E-state index in [4.69, 9.17) is 4.74 Å². The van der Waals surface area contributed by atoms with Crippen LogP contribution in [0, 0.1) is 5.41 Å². The Kier molecular flexibility index (Phi) is 9.44. The van der Waals surface area contributed by atoms with E-state index in [2.05, 4.69) is 10.6 Å². The maximum Gasteiger partial charge on any atom is 0.408 e. The Labute approximate surface area is 218 Å². The fourth-order valence-corrected chi connectivity index (χ4v) is 4.51. The number of ether oxygens (including phenoxy) is 1. The Morgan fingerprint density at radius 3 is 2.27 bits per heavy atom. The molecule has 0 aromatic heterocycles. The summed E-state index contributed by atoms with van der Waals surface area (Å²) in [6, 6.07) is 17.5. The van der Waals surface area contributed by atoms with Gasteiger partial charge in [0.05, 0.1) is 6.04 Å². The van der Waals surface area contributed by atoms with Gasteiger partial charge >= 0.3 is 6.09 Å². The predicted molar refractivity (Wildman–Crippen MR) is 140 cm³/mol. The van der Waals surface area contributed by atoms with Gasteiger partial charge in [0.15, 0.2) is 6.10 Å². The molecule has 2 aromatic carbocycles. The standard InChI is InChI=1S/C29H37N3O5/c1-5-6-17-23(24(33)26(34)30-20(2)22-15-11-8-12-16-22)31-28(36)37-25-27(35)32(19-29(25,3)4)18-21-13-9-7-10-14-21/h7-16,20,23,25H,5-6,17-19H2,1-4H3,(H,30,34)(H,31,36)/t20-,23+,25?/m1/s1. The second-order valence-corrected chi connectivity index (χ2v) is 10.3. The number of ketones is 1. The maximum absolute atomic E-state index is 13.1. The minimum atomic E-state index is -1.05. The van der Waals surface area contributed by atoms with Crippen LogP contribution >= 0.6 is 0 Å². The number of amides is 3. The number of nitrogens with zero attached hydrogens (tertiary/aromatic N) is 1. The smallest absolute Gasteiger partial charge is 0.408 e. The molecule has 3 atom stereocenters. The molecule has 1 aliphatic heterocycles. The van der Waals surface area contributed by atoms with Crippen molar-refractivity contribution >= 4 is 23.7 Å². The molecule has 0 spiro atoms. The normalized spacial score (nSPS) is 18.1. The quantitative estimate of drug-likeness (QED) is 0.445. The number of rotatable bonds is 11. The number of hydrogen-bond acceptors (Lipinski definition) is 5. The van der Waals surface area contributed by atoms with E-state index < -0.39 is 35.3 Å². The first-order valence-electron chi connectivity index (χ1n) is 12.8. The summed E-state index contributed by atoms with van der Waals surface area (Å²) in [6.07, 6.45) is -0.168. The SMILES string of the molecule is CCCC[C@H](NC(=O)OC1C(=O)N(Cc2ccccc2)CC1(C)C)C(=O)C(=O)N[C@H](C)c1ccccc1. The molecule has 37 heavy (non-hydrogen) atoms. The van der Waals surface area contributed by atoms with Crippen LogP contribution in [-0.2, 0) is 25.7 Å². The summed E-state index contributed by atoms with van der Waals surface area (Å²) < 4.78 is 5.57. The summed E-state index contributed by atoms with van der Waals surface area (Å²) in [4.78, 5) is 53.3. The Morgan fingerprint density at radius 2 is 1.65 bits per heavy atom. The lowest BCUT2D eigenvalue weighted by Gasteiger charge is -2.25. The van der Waals surface area contributed by atoms with E-state index in [0.29, 0.717) is 25.9 Å². The van der Waals surface area contributed by atoms with Gasteiger partial charge in [-0.2, -0.15) is 0 Å². The van der Waals surface area contributed by atoms with Crippen LogP contribution < -0.4 is 10.6 Å². The van der Waals surface area contributed by atoms with Gasteiger partial charge in [-0.05, 0) is 24.5 Å². The molecule has 1 saturated heterocycles. The van der Waals surface area contributed by atoms with Crippen molar-refractivity contribution in [3.05, 3.63) is 71.8 Å². The summed E-state index contributed by atoms with van der Waals surface area (Å²) in [7, 11) is 0. The summed E-state index contributed by atoms with van der Waals surface area (Å²) in [5, 5.41) is 5.26. The van der Waals surface area contributed by atoms with Crippen molar-refractivity contribution < 1.29 is 23.9 Å². The monoisotopic (exact) mass is 507 g/mol. The molecule has 2 N–H and O–H groups in total. The van der Waals surface area contributed by atoms with E-state index in [1.54, 1.807) is 11.8 Å². The lowest BCUT2D eigenvalue weighted by molar-refractivity contribution is -0.139. The van der Waals surface area contributed by atoms with Gasteiger partial charge in [0.2, 0.25) is 5.78 Å². The maximum atomic E-state index is 13.1. The molecular weight excluding hydrogens is 470 g/mol. The molecule has 1 fully saturated rings. The lowest BCUT2D eigenvalue weighted by atomic mass is 9.90. The van der Waals surface area contributed by atoms with Crippen molar-refractivity contribution in [1.82, 2.24) is 15.5 Å². The number of hydrogen-bond donors (Lipinski definition) is 2. The Bertz CT molecular complexity index is 1090. The van der Waals surface area contributed by atoms with Crippen LogP contribution in [0.15, 0.2) is 60.7 Å². The molecule has 3 rings (SSSR count). The van der Waals surface area contributed by atoms with Gasteiger partial charge in [0.1, 0.15) is 6.04 Å². The third-order valence-electron chi connectivity index (χ3n) is 6.61. The molecule has 0 bridgehead atoms. The molecule has 0 radical (unpaired) electrons. The summed E-state index contributed by atoms with van der Waals surface area (Å²) in [5.41, 5.74) is 1.23. The molecule has 1 unspecified atom stereocenters. The van der Waals surface area contributed by atoms with Crippen LogP contribution in [0.25, 0.3) is 0 Å². The summed E-state index contributed by atoms with van der Waals surface area (Å²) >= 11 is 0. The first-order valence-corrected chi connectivity index (χ1v) is 12.8. The molecule has 2 aromatic rings. The van der Waals surface area contributed by atoms with Crippen LogP contribution in [0.2, 0.25) is 0 Å². The number of carbonyl (C=O) groups is 4. The van der Waals surface area contributed by atoms with Gasteiger partial charge < -0.3 is 20.3 Å². The summed E-state index contributed by atoms with van der Waals surface area (Å²) in [6.45, 7) is 8.33. The minimum Gasteiger partial charge on any atom is -0.435 e. The number of Topliss-reactive ketones (excluding diaryl/α,β-unsaturated/α-hetero) is 1. The van der Waals surface area contributed by atoms with Gasteiger partial charge in [0, 0.05) is 18.5 Å². The molecule has 8 nitrogen and oxygen atoms in total. The molecule has 3 amide bonds. The van der Waals surface area contributed by atoms with E-state index in [1.807, 2.05) is 81.4 Å². The summed E-state index contributed by atoms with van der Waals surface area (Å²) in [5.74, 6) is -1.80. The van der Waals surface area contributed by atoms with Gasteiger partial charge in [-0.15, -0.1) is 0 Å². The molecular formula is C29H37N3O5. The number of unbranched alkanes of at least 4 members (excludes halogenated alkanes) is 1. The number of alkyl carbamates (subject to hydrolysis) is 1. The zero-order chi connectivity index (χ0) is 27.0. The third-order valence-corrected chi connectivity index (χ3v) is 6.61. The number of benzene rings is 2. The van der Waals surface area contributed by atoms with Gasteiger partial charge in [-0.1, -0.05) is 94.3 Å². The predicted octanol–water partition coefficient (Wildman–Crippen LogP) is 4.16. The second-order valence-electron chi connectivity index (χ2n) is 10.3. The Balaban J connectivity index is 1.63. The first kappa shape index (κ1) is 27.9. The molecule has 0 saturated carbocycles.